The molecule has 0 radical (unpaired) electrons. The van der Waals surface area contributed by atoms with Gasteiger partial charge in [0.15, 0.2) is 5.92 Å². The van der Waals surface area contributed by atoms with Crippen molar-refractivity contribution >= 4 is 107 Å². The molecule has 0 saturated heterocycles. The third-order valence-corrected chi connectivity index (χ3v) is 9.53. The molecule has 0 aliphatic carbocycles. The number of carbonyl (C=O) groups is 14. The van der Waals surface area contributed by atoms with E-state index in [1.807, 2.05) is 21.3 Å². The molecule has 28 nitrogen and oxygen atoms in total. The molecule has 6 atom stereocenters. The van der Waals surface area contributed by atoms with Gasteiger partial charge in [-0.25, -0.2) is 9.59 Å². The van der Waals surface area contributed by atoms with Gasteiger partial charge in [0.2, 0.25) is 35.4 Å². The topological polar surface area (TPSA) is 469 Å². The first-order chi connectivity index (χ1) is 30.8. The Bertz CT molecular complexity index is 2270. The van der Waals surface area contributed by atoms with Crippen LogP contribution in [0.3, 0.4) is 0 Å². The number of aromatic nitrogens is 1. The fourth-order valence-corrected chi connectivity index (χ4v) is 6.31. The van der Waals surface area contributed by atoms with Crippen LogP contribution in [-0.2, 0) is 68.7 Å². The number of H-pyrrole nitrogens is 1. The highest BCUT2D eigenvalue weighted by Crippen LogP contribution is 2.24. The first-order valence-corrected chi connectivity index (χ1v) is 19.5. The Morgan fingerprint density at radius 1 is 0.591 bits per heavy atom. The molecule has 29 heteroatoms. The highest BCUT2D eigenvalue weighted by atomic mass is 32.1. The number of aromatic carboxylic acids is 1. The molecule has 2 aromatic rings. The lowest BCUT2D eigenvalue weighted by Gasteiger charge is -2.27. The van der Waals surface area contributed by atoms with Crippen LogP contribution < -0.4 is 31.9 Å². The molecule has 14 N–H and O–H groups in total. The number of carboxylic acid groups (broad SMARTS) is 7. The normalized spacial score (nSPS) is 13.6. The molecule has 66 heavy (non-hydrogen) atoms. The maximum atomic E-state index is 14.2. The third-order valence-electron chi connectivity index (χ3n) is 9.17. The molecule has 0 bridgehead atoms. The van der Waals surface area contributed by atoms with Crippen LogP contribution in [0.15, 0.2) is 24.4 Å². The minimum Gasteiger partial charge on any atom is -0.481 e. The number of amides is 6. The van der Waals surface area contributed by atoms with E-state index >= 15 is 0 Å². The molecule has 1 heterocycles. The van der Waals surface area contributed by atoms with Gasteiger partial charge in [-0.1, -0.05) is 6.07 Å². The number of thiol groups is 1. The van der Waals surface area contributed by atoms with E-state index in [1.54, 1.807) is 0 Å². The van der Waals surface area contributed by atoms with Gasteiger partial charge in [-0.05, 0) is 24.1 Å². The molecule has 1 aromatic carbocycles. The van der Waals surface area contributed by atoms with Gasteiger partial charge in [0, 0.05) is 49.0 Å². The maximum absolute atomic E-state index is 14.2. The molecule has 1 aromatic heterocycles. The average molecular weight is 954 g/mol. The summed E-state index contributed by atoms with van der Waals surface area (Å²) in [4.78, 5) is 177. The SMILES string of the molecule is CC(=O)N[C@@H](CC(=O)O)C(=O)N[C@H](CC(C(=O)O)C(=O)O)C(=O)N[C@@H](Cc1c[nH]c2cccc(C(=O)O)c12)C(=O)N[C@@H](CCC(=O)O)C(=O)N[C@@H](CC(=O)O)C(=O)N[C@@H](CS)C(=O)C(=O)O. The van der Waals surface area contributed by atoms with E-state index in [9.17, 15) is 97.8 Å². The zero-order valence-electron chi connectivity index (χ0n) is 34.1. The van der Waals surface area contributed by atoms with Gasteiger partial charge in [0.1, 0.15) is 36.3 Å². The zero-order valence-corrected chi connectivity index (χ0v) is 35.0. The van der Waals surface area contributed by atoms with Crippen molar-refractivity contribution in [2.45, 2.75) is 81.7 Å². The minimum absolute atomic E-state index is 0.0471. The molecule has 2 rings (SSSR count). The highest BCUT2D eigenvalue weighted by molar-refractivity contribution is 7.80. The van der Waals surface area contributed by atoms with Crippen molar-refractivity contribution in [3.63, 3.8) is 0 Å². The number of hydrogen-bond acceptors (Lipinski definition) is 15. The lowest BCUT2D eigenvalue weighted by Crippen LogP contribution is -2.60. The first kappa shape index (κ1) is 54.0. The summed E-state index contributed by atoms with van der Waals surface area (Å²) in [5.74, 6) is -25.5. The summed E-state index contributed by atoms with van der Waals surface area (Å²) < 4.78 is 0. The molecular weight excluding hydrogens is 911 g/mol. The van der Waals surface area contributed by atoms with Crippen molar-refractivity contribution in [1.82, 2.24) is 36.9 Å². The number of aliphatic carboxylic acids is 6. The summed E-state index contributed by atoms with van der Waals surface area (Å²) >= 11 is 3.78. The predicted molar refractivity (Wildman–Crippen MR) is 217 cm³/mol. The van der Waals surface area contributed by atoms with Crippen LogP contribution in [0.2, 0.25) is 0 Å². The van der Waals surface area contributed by atoms with E-state index in [2.05, 4.69) is 28.2 Å². The quantitative estimate of drug-likeness (QED) is 0.0219. The molecule has 0 spiro atoms. The van der Waals surface area contributed by atoms with E-state index in [0.717, 1.165) is 13.0 Å². The van der Waals surface area contributed by atoms with Crippen LogP contribution in [0.1, 0.15) is 54.9 Å². The summed E-state index contributed by atoms with van der Waals surface area (Å²) in [6.07, 6.45) is -4.98. The summed E-state index contributed by atoms with van der Waals surface area (Å²) in [5, 5.41) is 78.3. The van der Waals surface area contributed by atoms with Crippen LogP contribution in [0, 0.1) is 5.92 Å². The van der Waals surface area contributed by atoms with Crippen LogP contribution in [0.4, 0.5) is 0 Å². The van der Waals surface area contributed by atoms with E-state index in [1.165, 1.54) is 18.3 Å². The Labute approximate surface area is 374 Å². The highest BCUT2D eigenvalue weighted by Gasteiger charge is 2.38. The lowest BCUT2D eigenvalue weighted by atomic mass is 9.97. The number of rotatable bonds is 28. The van der Waals surface area contributed by atoms with Crippen molar-refractivity contribution in [1.29, 1.82) is 0 Å². The second-order valence-electron chi connectivity index (χ2n) is 14.1. The molecule has 0 aliphatic heterocycles. The molecule has 0 unspecified atom stereocenters. The number of carboxylic acids is 7. The smallest absolute Gasteiger partial charge is 0.374 e. The van der Waals surface area contributed by atoms with Gasteiger partial charge in [-0.15, -0.1) is 0 Å². The number of benzene rings is 1. The maximum Gasteiger partial charge on any atom is 0.374 e. The minimum atomic E-state index is -2.47. The number of Topliss-reactive ketones (excluding diaryl/α,β-unsaturated/α-hetero) is 1. The van der Waals surface area contributed by atoms with Gasteiger partial charge in [0.05, 0.1) is 18.4 Å². The molecule has 0 aliphatic rings. The van der Waals surface area contributed by atoms with Crippen molar-refractivity contribution in [2.24, 2.45) is 5.92 Å². The van der Waals surface area contributed by atoms with Crippen molar-refractivity contribution in [3.05, 3.63) is 35.5 Å². The van der Waals surface area contributed by atoms with Gasteiger partial charge in [0.25, 0.3) is 5.78 Å². The van der Waals surface area contributed by atoms with Crippen LogP contribution in [0.25, 0.3) is 10.9 Å². The third kappa shape index (κ3) is 16.2. The lowest BCUT2D eigenvalue weighted by molar-refractivity contribution is -0.156. The number of nitrogens with one attached hydrogen (secondary N) is 7. The molecular formula is C37H43N7O21S. The van der Waals surface area contributed by atoms with Crippen molar-refractivity contribution in [2.75, 3.05) is 5.75 Å². The summed E-state index contributed by atoms with van der Waals surface area (Å²) in [6.45, 7) is 0.884. The number of ketones is 1. The van der Waals surface area contributed by atoms with Crippen molar-refractivity contribution in [3.8, 4) is 0 Å². The van der Waals surface area contributed by atoms with Gasteiger partial charge in [-0.3, -0.25) is 57.5 Å². The Morgan fingerprint density at radius 3 is 1.55 bits per heavy atom. The van der Waals surface area contributed by atoms with E-state index in [0.29, 0.717) is 0 Å². The standard InChI is InChI=1S/C37H43N7O21S/c1-13(45)39-21(9-25(48)49)32(56)42-20(8-16(35(60)61)36(62)63)31(55)41-19(7-14-11-38-17-4-2-3-15(27(14)17)34(58)59)30(54)40-18(5-6-24(46)47)29(53)43-22(10-26(50)51)33(57)44-23(12-66)28(52)37(64)65/h2-4,11,16,18-23,38,66H,5-10,12H2,1H3,(H,39,45)(H,40,54)(H,41,55)(H,42,56)(H,43,53)(H,44,57)(H,46,47)(H,48,49)(H,50,51)(H,58,59)(H,60,61)(H,62,63)(H,64,65)/t18-,19-,20+,21-,22-,23-/m0/s1. The molecule has 6 amide bonds. The first-order valence-electron chi connectivity index (χ1n) is 18.9. The summed E-state index contributed by atoms with van der Waals surface area (Å²) in [5.41, 5.74) is -0.232. The van der Waals surface area contributed by atoms with E-state index in [-0.39, 0.29) is 22.0 Å². The van der Waals surface area contributed by atoms with Gasteiger partial charge in [-0.2, -0.15) is 12.6 Å². The van der Waals surface area contributed by atoms with Crippen LogP contribution in [0.5, 0.6) is 0 Å². The second-order valence-corrected chi connectivity index (χ2v) is 14.4. The summed E-state index contributed by atoms with van der Waals surface area (Å²) in [7, 11) is 0. The summed E-state index contributed by atoms with van der Waals surface area (Å²) in [6, 6.07) is -8.44. The van der Waals surface area contributed by atoms with E-state index < -0.39 is 169 Å². The Balaban J connectivity index is 2.73. The monoisotopic (exact) mass is 953 g/mol. The van der Waals surface area contributed by atoms with Crippen LogP contribution in [-0.4, -0.2) is 166 Å². The Hall–Kier alpha value is -8.11. The fraction of sp³-hybridized carbons (Fsp3) is 0.405. The predicted octanol–water partition coefficient (Wildman–Crippen LogP) is -4.09. The van der Waals surface area contributed by atoms with Crippen molar-refractivity contribution < 1.29 is 103 Å². The molecule has 358 valence electrons. The van der Waals surface area contributed by atoms with Gasteiger partial charge < -0.3 is 72.6 Å². The number of aromatic amines is 1. The molecule has 0 fully saturated rings. The zero-order chi connectivity index (χ0) is 50.2. The largest absolute Gasteiger partial charge is 0.481 e. The second kappa shape index (κ2) is 24.7. The van der Waals surface area contributed by atoms with Gasteiger partial charge >= 0.3 is 41.8 Å². The Morgan fingerprint density at radius 2 is 1.06 bits per heavy atom. The average Bonchev–Trinajstić information content (AvgIpc) is 3.63. The molecule has 0 saturated carbocycles. The number of hydrogen-bond donors (Lipinski definition) is 15. The van der Waals surface area contributed by atoms with Crippen LogP contribution >= 0.6 is 12.6 Å². The number of fused-ring (bicyclic) bond motifs is 1. The van der Waals surface area contributed by atoms with E-state index in [4.69, 9.17) is 5.11 Å². The Kier molecular flexibility index (Phi) is 20.2. The number of carbonyl (C=O) groups excluding carboxylic acids is 7. The fourth-order valence-electron chi connectivity index (χ4n) is 6.05.